The van der Waals surface area contributed by atoms with Crippen molar-refractivity contribution < 1.29 is 4.42 Å². The van der Waals surface area contributed by atoms with Gasteiger partial charge < -0.3 is 9.73 Å². The average molecular weight is 285 g/mol. The van der Waals surface area contributed by atoms with E-state index in [1.165, 1.54) is 36.0 Å². The smallest absolute Gasteiger partial charge is 0.137 e. The first-order chi connectivity index (χ1) is 10.1. The summed E-state index contributed by atoms with van der Waals surface area (Å²) in [6.07, 6.45) is 3.92. The van der Waals surface area contributed by atoms with Crippen molar-refractivity contribution in [3.63, 3.8) is 0 Å². The molecular formula is C19H27NO. The maximum atomic E-state index is 6.21. The fraction of sp³-hybridized carbons (Fsp3) is 0.579. The van der Waals surface area contributed by atoms with Gasteiger partial charge in [0.2, 0.25) is 0 Å². The van der Waals surface area contributed by atoms with Gasteiger partial charge in [0.15, 0.2) is 0 Å². The van der Waals surface area contributed by atoms with Gasteiger partial charge in [0.05, 0.1) is 0 Å². The van der Waals surface area contributed by atoms with E-state index in [-0.39, 0.29) is 0 Å². The van der Waals surface area contributed by atoms with E-state index >= 15 is 0 Å². The first kappa shape index (κ1) is 14.6. The molecule has 1 aromatic carbocycles. The predicted molar refractivity (Wildman–Crippen MR) is 88.7 cm³/mol. The van der Waals surface area contributed by atoms with Crippen LogP contribution >= 0.6 is 0 Å². The van der Waals surface area contributed by atoms with Crippen molar-refractivity contribution >= 4 is 11.0 Å². The van der Waals surface area contributed by atoms with Crippen LogP contribution in [0.25, 0.3) is 11.0 Å². The van der Waals surface area contributed by atoms with Gasteiger partial charge in [0.1, 0.15) is 11.3 Å². The fourth-order valence-corrected chi connectivity index (χ4v) is 3.62. The largest absolute Gasteiger partial charge is 0.460 e. The van der Waals surface area contributed by atoms with E-state index in [4.69, 9.17) is 4.42 Å². The number of para-hydroxylation sites is 1. The van der Waals surface area contributed by atoms with Gasteiger partial charge in [-0.25, -0.2) is 0 Å². The van der Waals surface area contributed by atoms with Crippen molar-refractivity contribution in [2.45, 2.75) is 46.0 Å². The Morgan fingerprint density at radius 3 is 2.90 bits per heavy atom. The second kappa shape index (κ2) is 6.23. The van der Waals surface area contributed by atoms with Gasteiger partial charge >= 0.3 is 0 Å². The first-order valence-corrected chi connectivity index (χ1v) is 8.35. The van der Waals surface area contributed by atoms with Gasteiger partial charge in [-0.1, -0.05) is 38.5 Å². The van der Waals surface area contributed by atoms with Crippen LogP contribution in [-0.2, 0) is 0 Å². The Morgan fingerprint density at radius 1 is 1.29 bits per heavy atom. The molecule has 2 nitrogen and oxygen atoms in total. The number of fused-ring (bicyclic) bond motifs is 1. The molecule has 21 heavy (non-hydrogen) atoms. The Labute approximate surface area is 127 Å². The van der Waals surface area contributed by atoms with Crippen molar-refractivity contribution in [2.24, 2.45) is 11.8 Å². The summed E-state index contributed by atoms with van der Waals surface area (Å²) in [5.41, 5.74) is 2.32. The van der Waals surface area contributed by atoms with E-state index < -0.39 is 0 Å². The number of nitrogens with one attached hydrogen (secondary N) is 1. The molecule has 0 spiro atoms. The summed E-state index contributed by atoms with van der Waals surface area (Å²) in [4.78, 5) is 0. The van der Waals surface area contributed by atoms with Crippen LogP contribution in [-0.4, -0.2) is 13.1 Å². The summed E-state index contributed by atoms with van der Waals surface area (Å²) in [5.74, 6) is 3.24. The average Bonchev–Trinajstić information content (AvgIpc) is 3.04. The van der Waals surface area contributed by atoms with Crippen LogP contribution in [0.15, 0.2) is 28.7 Å². The Hall–Kier alpha value is -1.28. The third-order valence-electron chi connectivity index (χ3n) is 4.74. The van der Waals surface area contributed by atoms with Gasteiger partial charge in [0.25, 0.3) is 0 Å². The molecule has 1 saturated carbocycles. The van der Waals surface area contributed by atoms with Crippen molar-refractivity contribution in [3.05, 3.63) is 35.6 Å². The van der Waals surface area contributed by atoms with Crippen LogP contribution in [0.1, 0.15) is 50.4 Å². The maximum Gasteiger partial charge on any atom is 0.137 e. The molecule has 2 atom stereocenters. The van der Waals surface area contributed by atoms with E-state index in [1.807, 2.05) is 0 Å². The number of hydrogen-bond donors (Lipinski definition) is 1. The van der Waals surface area contributed by atoms with Crippen LogP contribution in [0.5, 0.6) is 0 Å². The van der Waals surface area contributed by atoms with E-state index in [0.29, 0.717) is 5.92 Å². The Kier molecular flexibility index (Phi) is 4.34. The molecule has 0 saturated heterocycles. The topological polar surface area (TPSA) is 25.2 Å². The summed E-state index contributed by atoms with van der Waals surface area (Å²) in [7, 11) is 0. The minimum atomic E-state index is 0.594. The highest BCUT2D eigenvalue weighted by Gasteiger charge is 2.30. The molecule has 1 aromatic heterocycles. The van der Waals surface area contributed by atoms with Crippen LogP contribution in [0.3, 0.4) is 0 Å². The van der Waals surface area contributed by atoms with Gasteiger partial charge in [-0.2, -0.15) is 0 Å². The molecule has 0 aliphatic heterocycles. The molecule has 1 heterocycles. The summed E-state index contributed by atoms with van der Waals surface area (Å²) >= 11 is 0. The van der Waals surface area contributed by atoms with Crippen molar-refractivity contribution in [3.8, 4) is 0 Å². The fourth-order valence-electron chi connectivity index (χ4n) is 3.62. The maximum absolute atomic E-state index is 6.21. The monoisotopic (exact) mass is 285 g/mol. The molecule has 0 amide bonds. The number of furan rings is 1. The molecule has 1 aliphatic rings. The molecule has 0 bridgehead atoms. The number of aryl methyl sites for hydroxylation is 1. The SMILES string of the molecule is Cc1cccc2cc(C3CCCC3CNCC(C)C)oc12. The lowest BCUT2D eigenvalue weighted by molar-refractivity contribution is 0.382. The Balaban J connectivity index is 1.75. The zero-order valence-corrected chi connectivity index (χ0v) is 13.5. The zero-order chi connectivity index (χ0) is 14.8. The molecule has 114 valence electrons. The van der Waals surface area contributed by atoms with Gasteiger partial charge in [-0.05, 0) is 56.3 Å². The first-order valence-electron chi connectivity index (χ1n) is 8.35. The minimum Gasteiger partial charge on any atom is -0.460 e. The number of rotatable bonds is 5. The van der Waals surface area contributed by atoms with Gasteiger partial charge in [-0.3, -0.25) is 0 Å². The Bertz CT molecular complexity index is 599. The van der Waals surface area contributed by atoms with Crippen LogP contribution in [0, 0.1) is 18.8 Å². The second-order valence-corrected chi connectivity index (χ2v) is 6.99. The van der Waals surface area contributed by atoms with E-state index in [9.17, 15) is 0 Å². The molecule has 2 aromatic rings. The molecule has 1 aliphatic carbocycles. The zero-order valence-electron chi connectivity index (χ0n) is 13.5. The lowest BCUT2D eigenvalue weighted by Crippen LogP contribution is -2.27. The Morgan fingerprint density at radius 2 is 2.14 bits per heavy atom. The summed E-state index contributed by atoms with van der Waals surface area (Å²) < 4.78 is 6.21. The minimum absolute atomic E-state index is 0.594. The van der Waals surface area contributed by atoms with Crippen molar-refractivity contribution in [1.82, 2.24) is 5.32 Å². The number of hydrogen-bond acceptors (Lipinski definition) is 2. The molecule has 2 unspecified atom stereocenters. The quantitative estimate of drug-likeness (QED) is 0.847. The lowest BCUT2D eigenvalue weighted by Gasteiger charge is -2.19. The highest BCUT2D eigenvalue weighted by molar-refractivity contribution is 5.81. The van der Waals surface area contributed by atoms with Crippen LogP contribution < -0.4 is 5.32 Å². The summed E-state index contributed by atoms with van der Waals surface area (Å²) in [6.45, 7) is 8.90. The molecule has 3 rings (SSSR count). The van der Waals surface area contributed by atoms with Gasteiger partial charge in [0, 0.05) is 11.3 Å². The van der Waals surface area contributed by atoms with E-state index in [0.717, 1.165) is 30.5 Å². The summed E-state index contributed by atoms with van der Waals surface area (Å²) in [6, 6.07) is 8.68. The van der Waals surface area contributed by atoms with E-state index in [1.54, 1.807) is 0 Å². The standard InChI is InChI=1S/C19H27NO/c1-13(2)11-20-12-16-8-5-9-17(16)18-10-15-7-4-6-14(3)19(15)21-18/h4,6-7,10,13,16-17,20H,5,8-9,11-12H2,1-3H3. The normalized spacial score (nSPS) is 22.5. The van der Waals surface area contributed by atoms with Gasteiger partial charge in [-0.15, -0.1) is 0 Å². The van der Waals surface area contributed by atoms with Crippen LogP contribution in [0.4, 0.5) is 0 Å². The second-order valence-electron chi connectivity index (χ2n) is 6.99. The van der Waals surface area contributed by atoms with Crippen molar-refractivity contribution in [2.75, 3.05) is 13.1 Å². The number of benzene rings is 1. The third kappa shape index (κ3) is 3.16. The molecule has 2 heteroatoms. The highest BCUT2D eigenvalue weighted by Crippen LogP contribution is 2.41. The summed E-state index contributed by atoms with van der Waals surface area (Å²) in [5, 5.41) is 4.89. The molecule has 1 fully saturated rings. The molecular weight excluding hydrogens is 258 g/mol. The van der Waals surface area contributed by atoms with E-state index in [2.05, 4.69) is 50.4 Å². The lowest BCUT2D eigenvalue weighted by atomic mass is 9.93. The predicted octanol–water partition coefficient (Wildman–Crippen LogP) is 4.87. The molecule has 1 N–H and O–H groups in total. The highest BCUT2D eigenvalue weighted by atomic mass is 16.3. The van der Waals surface area contributed by atoms with Crippen molar-refractivity contribution in [1.29, 1.82) is 0 Å². The van der Waals surface area contributed by atoms with Crippen LogP contribution in [0.2, 0.25) is 0 Å². The molecule has 0 radical (unpaired) electrons. The third-order valence-corrected chi connectivity index (χ3v) is 4.74.